The number of carbonyl (C=O) groups excluding carboxylic acids is 2. The number of fused-ring (bicyclic) bond motifs is 4. The second-order valence-corrected chi connectivity index (χ2v) is 10.3. The van der Waals surface area contributed by atoms with E-state index in [2.05, 4.69) is 18.3 Å². The minimum absolute atomic E-state index is 0.178. The number of benzene rings is 2. The van der Waals surface area contributed by atoms with Crippen molar-refractivity contribution < 1.29 is 38.0 Å². The number of aryl methyl sites for hydroxylation is 1. The lowest BCUT2D eigenvalue weighted by Crippen LogP contribution is -2.52. The van der Waals surface area contributed by atoms with Crippen LogP contribution >= 0.6 is 0 Å². The van der Waals surface area contributed by atoms with Gasteiger partial charge in [-0.25, -0.2) is 4.79 Å². The molecule has 0 saturated heterocycles. The van der Waals surface area contributed by atoms with Crippen LogP contribution in [0.5, 0.6) is 11.5 Å². The highest BCUT2D eigenvalue weighted by molar-refractivity contribution is 5.82. The molecule has 0 spiro atoms. The zero-order valence-electron chi connectivity index (χ0n) is 23.3. The molecule has 1 N–H and O–H groups in total. The van der Waals surface area contributed by atoms with Crippen LogP contribution in [0.4, 0.5) is 0 Å². The van der Waals surface area contributed by atoms with E-state index < -0.39 is 29.7 Å². The van der Waals surface area contributed by atoms with Crippen molar-refractivity contribution in [3.8, 4) is 11.5 Å². The maximum absolute atomic E-state index is 13.6. The van der Waals surface area contributed by atoms with Gasteiger partial charge in [0.25, 0.3) is 0 Å². The number of nitrogens with one attached hydrogen (secondary N) is 1. The summed E-state index contributed by atoms with van der Waals surface area (Å²) in [6.45, 7) is 3.33. The Labute approximate surface area is 234 Å². The summed E-state index contributed by atoms with van der Waals surface area (Å²) < 4.78 is 34.1. The van der Waals surface area contributed by atoms with Crippen LogP contribution in [0.2, 0.25) is 0 Å². The fourth-order valence-electron chi connectivity index (χ4n) is 5.89. The van der Waals surface area contributed by atoms with Gasteiger partial charge in [-0.1, -0.05) is 37.3 Å². The SMILES string of the molecule is CCCNC12C=C(OC)C(OC(=O)C(CC(=O)OC)OCCc3ccccc3)C1c1cc3c(cc1CC2)OCO3. The fraction of sp³-hybridized carbons (Fsp3) is 0.484. The molecular formula is C31H37NO8. The lowest BCUT2D eigenvalue weighted by molar-refractivity contribution is -0.168. The van der Waals surface area contributed by atoms with E-state index in [1.54, 1.807) is 7.11 Å². The Bertz CT molecular complexity index is 1250. The van der Waals surface area contributed by atoms with Gasteiger partial charge in [-0.3, -0.25) is 4.79 Å². The van der Waals surface area contributed by atoms with Crippen molar-refractivity contribution in [1.29, 1.82) is 0 Å². The Morgan fingerprint density at radius 3 is 2.62 bits per heavy atom. The molecule has 2 aromatic rings. The molecular weight excluding hydrogens is 514 g/mol. The molecule has 0 bridgehead atoms. The Morgan fingerprint density at radius 2 is 1.90 bits per heavy atom. The Balaban J connectivity index is 1.41. The van der Waals surface area contributed by atoms with Crippen LogP contribution in [0.1, 0.15) is 48.8 Å². The largest absolute Gasteiger partial charge is 0.497 e. The molecule has 0 fully saturated rings. The molecule has 0 aromatic heterocycles. The maximum Gasteiger partial charge on any atom is 0.336 e. The van der Waals surface area contributed by atoms with Crippen LogP contribution < -0.4 is 14.8 Å². The highest BCUT2D eigenvalue weighted by atomic mass is 16.7. The molecule has 4 atom stereocenters. The van der Waals surface area contributed by atoms with Crippen LogP contribution in [0, 0.1) is 0 Å². The third kappa shape index (κ3) is 5.67. The van der Waals surface area contributed by atoms with E-state index in [1.165, 1.54) is 7.11 Å². The van der Waals surface area contributed by atoms with Crippen LogP contribution in [0.25, 0.3) is 0 Å². The predicted octanol–water partition coefficient (Wildman–Crippen LogP) is 3.83. The first-order valence-electron chi connectivity index (χ1n) is 13.8. The zero-order chi connectivity index (χ0) is 28.1. The third-order valence-electron chi connectivity index (χ3n) is 7.89. The summed E-state index contributed by atoms with van der Waals surface area (Å²) in [7, 11) is 2.87. The van der Waals surface area contributed by atoms with E-state index in [1.807, 2.05) is 42.5 Å². The molecule has 214 valence electrons. The summed E-state index contributed by atoms with van der Waals surface area (Å²) in [6.07, 6.45) is 3.12. The summed E-state index contributed by atoms with van der Waals surface area (Å²) in [4.78, 5) is 25.8. The van der Waals surface area contributed by atoms with E-state index in [0.717, 1.165) is 48.2 Å². The molecule has 1 aliphatic heterocycles. The van der Waals surface area contributed by atoms with Gasteiger partial charge in [-0.05, 0) is 67.1 Å². The van der Waals surface area contributed by atoms with Crippen LogP contribution in [-0.2, 0) is 41.4 Å². The highest BCUT2D eigenvalue weighted by Crippen LogP contribution is 2.52. The molecule has 9 heteroatoms. The summed E-state index contributed by atoms with van der Waals surface area (Å²) in [5.41, 5.74) is 2.74. The quantitative estimate of drug-likeness (QED) is 0.395. The van der Waals surface area contributed by atoms with E-state index >= 15 is 0 Å². The van der Waals surface area contributed by atoms with E-state index in [-0.39, 0.29) is 25.7 Å². The van der Waals surface area contributed by atoms with Crippen LogP contribution in [0.3, 0.4) is 0 Å². The number of hydrogen-bond acceptors (Lipinski definition) is 9. The Morgan fingerprint density at radius 1 is 1.12 bits per heavy atom. The number of esters is 2. The summed E-state index contributed by atoms with van der Waals surface area (Å²) in [5.74, 6) is 0.515. The fourth-order valence-corrected chi connectivity index (χ4v) is 5.89. The van der Waals surface area contributed by atoms with E-state index in [4.69, 9.17) is 28.4 Å². The molecule has 1 heterocycles. The second-order valence-electron chi connectivity index (χ2n) is 10.3. The van der Waals surface area contributed by atoms with Crippen molar-refractivity contribution in [2.75, 3.05) is 34.2 Å². The van der Waals surface area contributed by atoms with Gasteiger partial charge in [-0.15, -0.1) is 0 Å². The normalized spacial score (nSPS) is 23.0. The van der Waals surface area contributed by atoms with Crippen LogP contribution in [-0.4, -0.2) is 63.8 Å². The minimum Gasteiger partial charge on any atom is -0.497 e. The molecule has 2 aliphatic carbocycles. The molecule has 3 aliphatic rings. The van der Waals surface area contributed by atoms with Crippen molar-refractivity contribution in [3.05, 3.63) is 71.0 Å². The number of hydrogen-bond donors (Lipinski definition) is 1. The molecule has 2 aromatic carbocycles. The standard InChI is InChI=1S/C31H37NO8/c1-4-13-32-31-12-10-21-15-23-24(39-19-38-23)16-22(21)28(31)29(26(18-31)35-2)40-30(34)25(17-27(33)36-3)37-14-11-20-8-6-5-7-9-20/h5-9,15-16,18,25,28-29,32H,4,10-14,17,19H2,1-3H3. The first-order valence-corrected chi connectivity index (χ1v) is 13.8. The zero-order valence-corrected chi connectivity index (χ0v) is 23.3. The first kappa shape index (κ1) is 28.0. The Hall–Kier alpha value is -3.56. The third-order valence-corrected chi connectivity index (χ3v) is 7.89. The molecule has 0 radical (unpaired) electrons. The summed E-state index contributed by atoms with van der Waals surface area (Å²) in [6, 6.07) is 13.8. The van der Waals surface area contributed by atoms with Gasteiger partial charge in [0.1, 0.15) is 5.76 Å². The number of ether oxygens (including phenoxy) is 6. The van der Waals surface area contributed by atoms with Gasteiger partial charge < -0.3 is 33.7 Å². The topological polar surface area (TPSA) is 102 Å². The smallest absolute Gasteiger partial charge is 0.336 e. The van der Waals surface area contributed by atoms with Crippen molar-refractivity contribution in [1.82, 2.24) is 5.32 Å². The number of rotatable bonds is 12. The van der Waals surface area contributed by atoms with Crippen molar-refractivity contribution >= 4 is 11.9 Å². The van der Waals surface area contributed by atoms with Crippen LogP contribution in [0.15, 0.2) is 54.3 Å². The van der Waals surface area contributed by atoms with Crippen molar-refractivity contribution in [2.24, 2.45) is 0 Å². The predicted molar refractivity (Wildman–Crippen MR) is 146 cm³/mol. The highest BCUT2D eigenvalue weighted by Gasteiger charge is 2.54. The van der Waals surface area contributed by atoms with Crippen molar-refractivity contribution in [2.45, 2.75) is 62.7 Å². The average molecular weight is 552 g/mol. The molecule has 0 amide bonds. The van der Waals surface area contributed by atoms with Gasteiger partial charge in [0, 0.05) is 0 Å². The lowest BCUT2D eigenvalue weighted by Gasteiger charge is -2.42. The van der Waals surface area contributed by atoms with Gasteiger partial charge in [-0.2, -0.15) is 0 Å². The van der Waals surface area contributed by atoms with Gasteiger partial charge in [0.15, 0.2) is 23.7 Å². The molecule has 0 saturated carbocycles. The molecule has 5 rings (SSSR count). The van der Waals surface area contributed by atoms with Gasteiger partial charge >= 0.3 is 11.9 Å². The Kier molecular flexibility index (Phi) is 8.61. The molecule has 4 unspecified atom stereocenters. The second kappa shape index (κ2) is 12.3. The first-order chi connectivity index (χ1) is 19.5. The van der Waals surface area contributed by atoms with E-state index in [9.17, 15) is 9.59 Å². The lowest BCUT2D eigenvalue weighted by atomic mass is 9.70. The molecule has 40 heavy (non-hydrogen) atoms. The van der Waals surface area contributed by atoms with Gasteiger partial charge in [0.2, 0.25) is 6.79 Å². The summed E-state index contributed by atoms with van der Waals surface area (Å²) >= 11 is 0. The summed E-state index contributed by atoms with van der Waals surface area (Å²) in [5, 5.41) is 3.72. The minimum atomic E-state index is -1.12. The van der Waals surface area contributed by atoms with Crippen molar-refractivity contribution in [3.63, 3.8) is 0 Å². The molecule has 9 nitrogen and oxygen atoms in total. The monoisotopic (exact) mass is 551 g/mol. The van der Waals surface area contributed by atoms with E-state index in [0.29, 0.717) is 17.9 Å². The average Bonchev–Trinajstić information content (AvgIpc) is 3.56. The maximum atomic E-state index is 13.6. The number of methoxy groups -OCH3 is 2. The number of carbonyl (C=O) groups is 2. The van der Waals surface area contributed by atoms with Gasteiger partial charge in [0.05, 0.1) is 38.7 Å².